The van der Waals surface area contributed by atoms with Crippen molar-refractivity contribution in [3.63, 3.8) is 0 Å². The van der Waals surface area contributed by atoms with Crippen LogP contribution in [-0.2, 0) is 27.7 Å². The number of benzene rings is 10. The monoisotopic (exact) mass is 998 g/mol. The summed E-state index contributed by atoms with van der Waals surface area (Å²) < 4.78 is 152. The fourth-order valence-corrected chi connectivity index (χ4v) is 14.5. The van der Waals surface area contributed by atoms with Gasteiger partial charge in [-0.05, 0) is 110 Å². The standard InChI is InChI=1S/C58H37F9O2P2/c1-36-6-20-44(21-7-36)70(68,47-26-14-41(15-27-47)56(59,60)61)45-22-8-37(9-23-45)39-12-32-52-53-33-13-40(35-55(53)51-5-3-2-4-50(51)54(52)34-39)38-10-24-46(25-11-38)71(69,48-28-16-42(17-29-48)57(62,63)64)49-30-18-43(19-31-49)58(65,66)67/h2-35H,1H3. The van der Waals surface area contributed by atoms with Crippen LogP contribution < -0.4 is 31.8 Å². The van der Waals surface area contributed by atoms with E-state index in [9.17, 15) is 39.5 Å². The van der Waals surface area contributed by atoms with Gasteiger partial charge in [0.1, 0.15) is 0 Å². The Morgan fingerprint density at radius 2 is 0.521 bits per heavy atom. The van der Waals surface area contributed by atoms with Crippen molar-refractivity contribution in [2.45, 2.75) is 25.5 Å². The molecule has 0 saturated carbocycles. The maximum Gasteiger partial charge on any atom is 0.416 e. The highest BCUT2D eigenvalue weighted by Crippen LogP contribution is 2.46. The fraction of sp³-hybridized carbons (Fsp3) is 0.0690. The molecule has 0 heterocycles. The lowest BCUT2D eigenvalue weighted by molar-refractivity contribution is -0.138. The lowest BCUT2D eigenvalue weighted by atomic mass is 9.90. The zero-order chi connectivity index (χ0) is 50.1. The molecular weight excluding hydrogens is 962 g/mol. The highest BCUT2D eigenvalue weighted by Gasteiger charge is 2.37. The van der Waals surface area contributed by atoms with E-state index in [1.807, 2.05) is 85.8 Å². The summed E-state index contributed by atoms with van der Waals surface area (Å²) in [6, 6.07) is 53.4. The van der Waals surface area contributed by atoms with Crippen LogP contribution in [0.3, 0.4) is 0 Å². The number of aryl methyl sites for hydroxylation is 1. The zero-order valence-electron chi connectivity index (χ0n) is 37.2. The van der Waals surface area contributed by atoms with Crippen molar-refractivity contribution < 1.29 is 48.6 Å². The summed E-state index contributed by atoms with van der Waals surface area (Å²) in [6.07, 6.45) is -13.9. The molecule has 0 aliphatic rings. The van der Waals surface area contributed by atoms with E-state index in [1.165, 1.54) is 12.1 Å². The third-order valence-corrected chi connectivity index (χ3v) is 19.2. The second-order valence-electron chi connectivity index (χ2n) is 17.3. The van der Waals surface area contributed by atoms with Gasteiger partial charge in [-0.1, -0.05) is 163 Å². The Morgan fingerprint density at radius 3 is 0.803 bits per heavy atom. The second kappa shape index (κ2) is 17.6. The Kier molecular flexibility index (Phi) is 11.8. The Labute approximate surface area is 401 Å². The third kappa shape index (κ3) is 8.66. The van der Waals surface area contributed by atoms with E-state index in [0.717, 1.165) is 121 Å². The molecule has 10 aromatic rings. The van der Waals surface area contributed by atoms with Crippen molar-refractivity contribution in [2.75, 3.05) is 0 Å². The Morgan fingerprint density at radius 1 is 0.282 bits per heavy atom. The van der Waals surface area contributed by atoms with Crippen LogP contribution in [0.25, 0.3) is 54.6 Å². The molecule has 71 heavy (non-hydrogen) atoms. The summed E-state index contributed by atoms with van der Waals surface area (Å²) in [6.45, 7) is 1.90. The van der Waals surface area contributed by atoms with Gasteiger partial charge in [0.2, 0.25) is 0 Å². The average Bonchev–Trinajstić information content (AvgIpc) is 3.37. The summed E-state index contributed by atoms with van der Waals surface area (Å²) >= 11 is 0. The molecule has 13 heteroatoms. The maximum absolute atomic E-state index is 15.2. The molecule has 10 rings (SSSR count). The van der Waals surface area contributed by atoms with E-state index in [0.29, 0.717) is 10.6 Å². The summed E-state index contributed by atoms with van der Waals surface area (Å²) in [5.74, 6) is 0. The number of hydrogen-bond acceptors (Lipinski definition) is 2. The molecule has 0 bridgehead atoms. The molecule has 0 N–H and O–H groups in total. The van der Waals surface area contributed by atoms with Gasteiger partial charge in [-0.25, -0.2) is 0 Å². The highest BCUT2D eigenvalue weighted by atomic mass is 31.2. The number of hydrogen-bond donors (Lipinski definition) is 0. The first-order valence-electron chi connectivity index (χ1n) is 22.1. The van der Waals surface area contributed by atoms with Gasteiger partial charge in [0.15, 0.2) is 14.3 Å². The molecule has 0 aromatic heterocycles. The van der Waals surface area contributed by atoms with Crippen LogP contribution in [-0.4, -0.2) is 0 Å². The smallest absolute Gasteiger partial charge is 0.309 e. The van der Waals surface area contributed by atoms with Crippen molar-refractivity contribution in [2.24, 2.45) is 0 Å². The van der Waals surface area contributed by atoms with E-state index in [4.69, 9.17) is 0 Å². The van der Waals surface area contributed by atoms with Crippen LogP contribution in [0.15, 0.2) is 206 Å². The van der Waals surface area contributed by atoms with Gasteiger partial charge in [-0.15, -0.1) is 0 Å². The van der Waals surface area contributed by atoms with Crippen molar-refractivity contribution in [1.82, 2.24) is 0 Å². The molecule has 2 nitrogen and oxygen atoms in total. The lowest BCUT2D eigenvalue weighted by Crippen LogP contribution is -2.25. The molecule has 354 valence electrons. The Hall–Kier alpha value is -7.19. The summed E-state index contributed by atoms with van der Waals surface area (Å²) in [7, 11) is -7.58. The van der Waals surface area contributed by atoms with Gasteiger partial charge in [0.25, 0.3) is 0 Å². The zero-order valence-corrected chi connectivity index (χ0v) is 39.0. The van der Waals surface area contributed by atoms with Crippen LogP contribution >= 0.6 is 14.3 Å². The number of alkyl halides is 9. The largest absolute Gasteiger partial charge is 0.416 e. The molecule has 0 amide bonds. The van der Waals surface area contributed by atoms with Gasteiger partial charge in [0.05, 0.1) is 16.7 Å². The van der Waals surface area contributed by atoms with Crippen molar-refractivity contribution >= 4 is 78.4 Å². The first-order chi connectivity index (χ1) is 33.7. The molecule has 1 unspecified atom stereocenters. The molecule has 1 atom stereocenters. The molecule has 0 fully saturated rings. The number of halogens is 9. The van der Waals surface area contributed by atoms with Gasteiger partial charge in [0, 0.05) is 31.8 Å². The quantitative estimate of drug-likeness (QED) is 0.0864. The predicted molar refractivity (Wildman–Crippen MR) is 268 cm³/mol. The van der Waals surface area contributed by atoms with Crippen molar-refractivity contribution in [3.05, 3.63) is 229 Å². The lowest BCUT2D eigenvalue weighted by Gasteiger charge is -2.21. The molecule has 0 radical (unpaired) electrons. The Balaban J connectivity index is 1.01. The summed E-state index contributed by atoms with van der Waals surface area (Å²) in [5.41, 5.74) is 1.47. The van der Waals surface area contributed by atoms with Gasteiger partial charge < -0.3 is 9.13 Å². The van der Waals surface area contributed by atoms with E-state index in [2.05, 4.69) is 6.07 Å². The number of rotatable bonds is 8. The minimum absolute atomic E-state index is 0.0304. The van der Waals surface area contributed by atoms with Gasteiger partial charge in [-0.3, -0.25) is 0 Å². The van der Waals surface area contributed by atoms with Crippen LogP contribution in [0.5, 0.6) is 0 Å². The van der Waals surface area contributed by atoms with E-state index >= 15 is 9.13 Å². The Bertz CT molecular complexity index is 3650. The van der Waals surface area contributed by atoms with Gasteiger partial charge in [-0.2, -0.15) is 39.5 Å². The average molecular weight is 999 g/mol. The van der Waals surface area contributed by atoms with Crippen molar-refractivity contribution in [3.8, 4) is 22.3 Å². The maximum atomic E-state index is 15.2. The third-order valence-electron chi connectivity index (χ3n) is 13.0. The van der Waals surface area contributed by atoms with E-state index < -0.39 is 49.5 Å². The van der Waals surface area contributed by atoms with Crippen LogP contribution in [0.4, 0.5) is 39.5 Å². The first kappa shape index (κ1) is 47.5. The van der Waals surface area contributed by atoms with Gasteiger partial charge >= 0.3 is 18.5 Å². The fourth-order valence-electron chi connectivity index (χ4n) is 9.27. The van der Waals surface area contributed by atoms with Crippen LogP contribution in [0.2, 0.25) is 0 Å². The SMILES string of the molecule is Cc1ccc(P(=O)(c2ccc(-c3ccc4c5ccc(-c6ccc(P(=O)(c7ccc(C(F)(F)F)cc7)c7ccc(C(F)(F)F)cc7)cc6)cc5c5ccccc5c4c3)cc2)c2ccc(C(F)(F)F)cc2)cc1. The minimum Gasteiger partial charge on any atom is -0.309 e. The predicted octanol–water partition coefficient (Wildman–Crippen LogP) is 15.1. The second-order valence-corrected chi connectivity index (χ2v) is 22.9. The minimum atomic E-state index is -4.66. The molecule has 0 aliphatic heterocycles. The highest BCUT2D eigenvalue weighted by molar-refractivity contribution is 7.85. The van der Waals surface area contributed by atoms with Crippen LogP contribution in [0.1, 0.15) is 22.3 Å². The first-order valence-corrected chi connectivity index (χ1v) is 25.6. The molecule has 10 aromatic carbocycles. The molecule has 0 aliphatic carbocycles. The van der Waals surface area contributed by atoms with Crippen LogP contribution in [0, 0.1) is 6.92 Å². The molecular formula is C58H37F9O2P2. The molecule has 0 spiro atoms. The topological polar surface area (TPSA) is 34.1 Å². The van der Waals surface area contributed by atoms with E-state index in [-0.39, 0.29) is 21.2 Å². The molecule has 0 saturated heterocycles. The van der Waals surface area contributed by atoms with E-state index in [1.54, 1.807) is 48.5 Å². The summed E-state index contributed by atoms with van der Waals surface area (Å²) in [5, 5.41) is 7.34. The summed E-state index contributed by atoms with van der Waals surface area (Å²) in [4.78, 5) is 0. The normalized spacial score (nSPS) is 13.4. The van der Waals surface area contributed by atoms with Crippen molar-refractivity contribution in [1.29, 1.82) is 0 Å². The number of fused-ring (bicyclic) bond motifs is 6.